The summed E-state index contributed by atoms with van der Waals surface area (Å²) >= 11 is 0. The molecule has 0 radical (unpaired) electrons. The molecule has 6 rings (SSSR count). The van der Waals surface area contributed by atoms with Crippen LogP contribution < -0.4 is 16.2 Å². The normalized spacial score (nSPS) is 14.0. The van der Waals surface area contributed by atoms with E-state index < -0.39 is 0 Å². The highest BCUT2D eigenvalue weighted by atomic mass is 16.2. The molecule has 2 N–H and O–H groups in total. The van der Waals surface area contributed by atoms with Crippen LogP contribution in [0.2, 0.25) is 0 Å². The Balaban J connectivity index is 1.22. The van der Waals surface area contributed by atoms with Crippen molar-refractivity contribution in [3.05, 3.63) is 93.9 Å². The second-order valence-electron chi connectivity index (χ2n) is 8.14. The zero-order chi connectivity index (χ0) is 22.8. The van der Waals surface area contributed by atoms with Gasteiger partial charge in [-0.15, -0.1) is 0 Å². The van der Waals surface area contributed by atoms with Crippen LogP contribution in [-0.4, -0.2) is 38.5 Å². The highest BCUT2D eigenvalue weighted by Crippen LogP contribution is 2.34. The van der Waals surface area contributed by atoms with Crippen molar-refractivity contribution >= 4 is 22.6 Å². The fourth-order valence-electron chi connectivity index (χ4n) is 4.23. The van der Waals surface area contributed by atoms with Crippen molar-refractivity contribution in [2.45, 2.75) is 25.8 Å². The van der Waals surface area contributed by atoms with Gasteiger partial charge in [0, 0.05) is 54.6 Å². The summed E-state index contributed by atoms with van der Waals surface area (Å²) < 4.78 is 1.44. The van der Waals surface area contributed by atoms with Crippen LogP contribution in [0.15, 0.2) is 65.7 Å². The van der Waals surface area contributed by atoms with Gasteiger partial charge >= 0.3 is 0 Å². The molecule has 1 aliphatic carbocycles. The van der Waals surface area contributed by atoms with Crippen molar-refractivity contribution in [3.8, 4) is 0 Å². The Hall–Kier alpha value is -4.07. The number of nitrogens with zero attached hydrogens (tertiary/aromatic N) is 4. The van der Waals surface area contributed by atoms with Gasteiger partial charge < -0.3 is 10.6 Å². The molecule has 4 bridgehead atoms. The summed E-state index contributed by atoms with van der Waals surface area (Å²) in [6.07, 6.45) is 4.01. The van der Waals surface area contributed by atoms with Gasteiger partial charge in [0.05, 0.1) is 11.2 Å². The zero-order valence-corrected chi connectivity index (χ0v) is 18.3. The van der Waals surface area contributed by atoms with Crippen molar-refractivity contribution in [2.24, 2.45) is 0 Å². The largest absolute Gasteiger partial charge is 0.365 e. The molecule has 1 atom stereocenters. The van der Waals surface area contributed by atoms with E-state index in [4.69, 9.17) is 0 Å². The van der Waals surface area contributed by atoms with Crippen molar-refractivity contribution in [2.75, 3.05) is 18.4 Å². The lowest BCUT2D eigenvalue weighted by Gasteiger charge is -2.24. The van der Waals surface area contributed by atoms with E-state index in [-0.39, 0.29) is 29.7 Å². The Kier molecular flexibility index (Phi) is 5.56. The predicted molar refractivity (Wildman–Crippen MR) is 126 cm³/mol. The average molecular weight is 441 g/mol. The maximum Gasteiger partial charge on any atom is 0.293 e. The first-order chi connectivity index (χ1) is 16.1. The maximum absolute atomic E-state index is 12.9. The zero-order valence-electron chi connectivity index (χ0n) is 18.3. The van der Waals surface area contributed by atoms with Crippen molar-refractivity contribution in [1.29, 1.82) is 0 Å². The first-order valence-electron chi connectivity index (χ1n) is 11.0. The number of hydrogen-bond donors (Lipinski definition) is 2. The second-order valence-corrected chi connectivity index (χ2v) is 8.14. The summed E-state index contributed by atoms with van der Waals surface area (Å²) in [4.78, 5) is 38.8. The molecule has 8 nitrogen and oxygen atoms in total. The Morgan fingerprint density at radius 2 is 2.00 bits per heavy atom. The first kappa shape index (κ1) is 20.8. The molecule has 0 fully saturated rings. The van der Waals surface area contributed by atoms with E-state index in [2.05, 4.69) is 37.7 Å². The van der Waals surface area contributed by atoms with Gasteiger partial charge in [0.15, 0.2) is 5.82 Å². The number of amides is 1. The molecule has 0 saturated heterocycles. The molecular formula is C25H24N6O2. The minimum Gasteiger partial charge on any atom is -0.365 e. The highest BCUT2D eigenvalue weighted by molar-refractivity contribution is 5.86. The number of pyridine rings is 2. The molecule has 4 aromatic rings. The van der Waals surface area contributed by atoms with Gasteiger partial charge in [-0.1, -0.05) is 24.3 Å². The van der Waals surface area contributed by atoms with Crippen molar-refractivity contribution in [3.63, 3.8) is 0 Å². The van der Waals surface area contributed by atoms with E-state index in [0.717, 1.165) is 22.3 Å². The topological polar surface area (TPSA) is 102 Å². The van der Waals surface area contributed by atoms with Gasteiger partial charge in [-0.25, -0.2) is 4.98 Å². The number of anilines is 1. The molecule has 1 aliphatic heterocycles. The number of carbonyl (C=O) groups is 1. The molecule has 4 heterocycles. The van der Waals surface area contributed by atoms with Gasteiger partial charge in [-0.2, -0.15) is 0 Å². The molecule has 0 saturated carbocycles. The molecule has 3 aromatic heterocycles. The number of nitrogens with one attached hydrogen (secondary N) is 2. The van der Waals surface area contributed by atoms with Crippen LogP contribution in [0.25, 0.3) is 10.9 Å². The summed E-state index contributed by atoms with van der Waals surface area (Å²) in [7, 11) is 0. The lowest BCUT2D eigenvalue weighted by molar-refractivity contribution is -0.121. The van der Waals surface area contributed by atoms with Crippen molar-refractivity contribution < 1.29 is 4.79 Å². The SMILES string of the molecule is Cc1cnc(NCCc2ccccn2)c(=O)n1CC(=O)NCC1c2ccc3c1cccc3n2. The Labute approximate surface area is 190 Å². The highest BCUT2D eigenvalue weighted by Gasteiger charge is 2.24. The predicted octanol–water partition coefficient (Wildman–Crippen LogP) is 2.41. The van der Waals surface area contributed by atoms with Crippen LogP contribution in [0, 0.1) is 6.92 Å². The van der Waals surface area contributed by atoms with Crippen LogP contribution >= 0.6 is 0 Å². The summed E-state index contributed by atoms with van der Waals surface area (Å²) in [5, 5.41) is 7.17. The van der Waals surface area contributed by atoms with E-state index in [1.54, 1.807) is 19.3 Å². The molecule has 1 unspecified atom stereocenters. The summed E-state index contributed by atoms with van der Waals surface area (Å²) in [6, 6.07) is 15.9. The third kappa shape index (κ3) is 4.19. The number of benzene rings is 1. The first-order valence-corrected chi connectivity index (χ1v) is 11.0. The third-order valence-electron chi connectivity index (χ3n) is 5.98. The maximum atomic E-state index is 12.9. The smallest absolute Gasteiger partial charge is 0.293 e. The summed E-state index contributed by atoms with van der Waals surface area (Å²) in [6.45, 7) is 2.66. The van der Waals surface area contributed by atoms with Gasteiger partial charge in [-0.3, -0.25) is 24.1 Å². The quantitative estimate of drug-likeness (QED) is 0.436. The molecular weight excluding hydrogens is 416 g/mol. The Bertz CT molecular complexity index is 1380. The lowest BCUT2D eigenvalue weighted by atomic mass is 9.87. The summed E-state index contributed by atoms with van der Waals surface area (Å²) in [5.74, 6) is 0.0341. The molecule has 8 heteroatoms. The van der Waals surface area contributed by atoms with Crippen LogP contribution in [0.4, 0.5) is 5.82 Å². The van der Waals surface area contributed by atoms with E-state index >= 15 is 0 Å². The van der Waals surface area contributed by atoms with E-state index in [9.17, 15) is 9.59 Å². The van der Waals surface area contributed by atoms with Crippen LogP contribution in [-0.2, 0) is 17.8 Å². The fourth-order valence-corrected chi connectivity index (χ4v) is 4.23. The average Bonchev–Trinajstić information content (AvgIpc) is 2.83. The van der Waals surface area contributed by atoms with E-state index in [1.807, 2.05) is 36.4 Å². The second kappa shape index (κ2) is 8.82. The van der Waals surface area contributed by atoms with Gasteiger partial charge in [0.1, 0.15) is 6.54 Å². The Morgan fingerprint density at radius 3 is 2.85 bits per heavy atom. The molecule has 1 aromatic carbocycles. The van der Waals surface area contributed by atoms with Crippen molar-refractivity contribution in [1.82, 2.24) is 24.8 Å². The third-order valence-corrected chi connectivity index (χ3v) is 5.98. The molecule has 2 aliphatic rings. The molecule has 166 valence electrons. The van der Waals surface area contributed by atoms with E-state index in [0.29, 0.717) is 25.2 Å². The van der Waals surface area contributed by atoms with Gasteiger partial charge in [-0.05, 0) is 36.8 Å². The molecule has 1 amide bonds. The minimum absolute atomic E-state index is 0.0294. The standard InChI is InChI=1S/C25H24N6O2/c1-16-13-29-24(27-12-10-17-5-2-3-11-26-17)25(33)31(16)15-23(32)28-14-20-18-6-4-7-21-19(18)8-9-22(20)30-21/h2-9,11,13,20H,10,12,14-15H2,1H3,(H,27,29)(H,28,32). The number of aromatic nitrogens is 4. The van der Waals surface area contributed by atoms with Gasteiger partial charge in [0.2, 0.25) is 5.91 Å². The summed E-state index contributed by atoms with van der Waals surface area (Å²) in [5.41, 5.74) is 4.35. The van der Waals surface area contributed by atoms with Crippen LogP contribution in [0.3, 0.4) is 0 Å². The minimum atomic E-state index is -0.315. The Morgan fingerprint density at radius 1 is 1.09 bits per heavy atom. The number of aryl methyl sites for hydroxylation is 1. The number of rotatable bonds is 8. The fraction of sp³-hybridized carbons (Fsp3) is 0.240. The van der Waals surface area contributed by atoms with Crippen LogP contribution in [0.5, 0.6) is 0 Å². The molecule has 0 spiro atoms. The monoisotopic (exact) mass is 440 g/mol. The van der Waals surface area contributed by atoms with Crippen LogP contribution in [0.1, 0.15) is 28.6 Å². The number of carbonyl (C=O) groups excluding carboxylic acids is 1. The van der Waals surface area contributed by atoms with Gasteiger partial charge in [0.25, 0.3) is 5.56 Å². The number of hydrogen-bond acceptors (Lipinski definition) is 6. The molecule has 33 heavy (non-hydrogen) atoms. The van der Waals surface area contributed by atoms with E-state index in [1.165, 1.54) is 10.1 Å². The lowest BCUT2D eigenvalue weighted by Crippen LogP contribution is -2.37. The number of fused-ring (bicyclic) bond motifs is 1.